The number of nitrogens with one attached hydrogen (secondary N) is 2. The first-order chi connectivity index (χ1) is 5.36. The number of hydrogen-bond acceptors (Lipinski definition) is 4. The minimum Gasteiger partial charge on any atom is -0.476 e. The number of nitrogens with zero attached hydrogens (tertiary/aromatic N) is 1. The Morgan fingerprint density at radius 3 is 3.55 bits per heavy atom. The van der Waals surface area contributed by atoms with Crippen LogP contribution in [0.15, 0.2) is 16.6 Å². The minimum atomic E-state index is -0.395. The fourth-order valence-electron chi connectivity index (χ4n) is 1.01. The summed E-state index contributed by atoms with van der Waals surface area (Å²) in [7, 11) is 0. The Morgan fingerprint density at radius 2 is 2.64 bits per heavy atom. The van der Waals surface area contributed by atoms with Gasteiger partial charge in [-0.05, 0) is 0 Å². The second-order valence-corrected chi connectivity index (χ2v) is 2.69. The Hall–Kier alpha value is -0.900. The molecule has 1 atom stereocenters. The van der Waals surface area contributed by atoms with Gasteiger partial charge in [-0.1, -0.05) is 11.6 Å². The van der Waals surface area contributed by atoms with E-state index in [4.69, 9.17) is 16.3 Å². The van der Waals surface area contributed by atoms with Gasteiger partial charge in [0.1, 0.15) is 12.3 Å². The van der Waals surface area contributed by atoms with Crippen molar-refractivity contribution in [1.29, 1.82) is 0 Å². The van der Waals surface area contributed by atoms with E-state index in [9.17, 15) is 0 Å². The molecule has 0 bridgehead atoms. The van der Waals surface area contributed by atoms with Crippen LogP contribution in [0, 0.1) is 0 Å². The zero-order valence-electron chi connectivity index (χ0n) is 5.80. The summed E-state index contributed by atoms with van der Waals surface area (Å²) < 4.78 is 5.28. The van der Waals surface area contributed by atoms with Gasteiger partial charge in [-0.15, -0.1) is 0 Å². The molecule has 0 aliphatic carbocycles. The highest BCUT2D eigenvalue weighted by Crippen LogP contribution is 2.10. The predicted molar refractivity (Wildman–Crippen MR) is 42.2 cm³/mol. The van der Waals surface area contributed by atoms with E-state index in [1.165, 1.54) is 0 Å². The molecule has 0 saturated heterocycles. The molecule has 2 N–H and O–H groups in total. The average Bonchev–Trinajstić information content (AvgIpc) is 2.04. The number of hydrogen-bond donors (Lipinski definition) is 2. The van der Waals surface area contributed by atoms with Gasteiger partial charge in [-0.2, -0.15) is 0 Å². The summed E-state index contributed by atoms with van der Waals surface area (Å²) in [6, 6.07) is 0. The summed E-state index contributed by atoms with van der Waals surface area (Å²) in [5.41, 5.74) is 0.488. The summed E-state index contributed by atoms with van der Waals surface area (Å²) >= 11 is 5.69. The Kier molecular flexibility index (Phi) is 1.62. The van der Waals surface area contributed by atoms with E-state index in [2.05, 4.69) is 15.6 Å². The first-order valence-electron chi connectivity index (χ1n) is 3.41. The summed E-state index contributed by atoms with van der Waals surface area (Å²) in [4.78, 5) is 3.94. The highest BCUT2D eigenvalue weighted by Gasteiger charge is 2.17. The first kappa shape index (κ1) is 6.79. The van der Waals surface area contributed by atoms with Crippen molar-refractivity contribution in [2.24, 2.45) is 4.99 Å². The zero-order valence-corrected chi connectivity index (χ0v) is 6.56. The Morgan fingerprint density at radius 1 is 1.73 bits per heavy atom. The van der Waals surface area contributed by atoms with Crippen LogP contribution in [-0.2, 0) is 4.74 Å². The van der Waals surface area contributed by atoms with Crippen molar-refractivity contribution in [3.63, 3.8) is 0 Å². The van der Waals surface area contributed by atoms with Gasteiger partial charge in [-0.3, -0.25) is 4.99 Å². The van der Waals surface area contributed by atoms with E-state index in [1.807, 2.05) is 0 Å². The number of halogens is 1. The van der Waals surface area contributed by atoms with Gasteiger partial charge in [-0.25, -0.2) is 0 Å². The summed E-state index contributed by atoms with van der Waals surface area (Å²) in [5, 5.41) is 6.01. The molecule has 11 heavy (non-hydrogen) atoms. The van der Waals surface area contributed by atoms with Crippen molar-refractivity contribution in [2.45, 2.75) is 5.62 Å². The van der Waals surface area contributed by atoms with E-state index in [0.717, 1.165) is 12.2 Å². The van der Waals surface area contributed by atoms with Gasteiger partial charge in [0.15, 0.2) is 5.62 Å². The van der Waals surface area contributed by atoms with Gasteiger partial charge < -0.3 is 15.4 Å². The maximum atomic E-state index is 5.69. The van der Waals surface area contributed by atoms with Crippen LogP contribution >= 0.6 is 11.6 Å². The molecular formula is C6H8ClN3O. The van der Waals surface area contributed by atoms with Gasteiger partial charge >= 0.3 is 0 Å². The molecule has 5 heteroatoms. The summed E-state index contributed by atoms with van der Waals surface area (Å²) in [6.45, 7) is 1.49. The van der Waals surface area contributed by atoms with Crippen LogP contribution in [-0.4, -0.2) is 25.0 Å². The van der Waals surface area contributed by atoms with E-state index in [1.54, 1.807) is 6.21 Å². The number of ether oxygens (including phenoxy) is 1. The van der Waals surface area contributed by atoms with Crippen LogP contribution < -0.4 is 10.6 Å². The third-order valence-electron chi connectivity index (χ3n) is 1.49. The van der Waals surface area contributed by atoms with E-state index in [-0.39, 0.29) is 0 Å². The van der Waals surface area contributed by atoms with Crippen LogP contribution in [0.2, 0.25) is 0 Å². The summed E-state index contributed by atoms with van der Waals surface area (Å²) in [5.74, 6) is 0.700. The zero-order chi connectivity index (χ0) is 7.68. The topological polar surface area (TPSA) is 45.7 Å². The highest BCUT2D eigenvalue weighted by atomic mass is 35.5. The number of aliphatic imine (C=N–C) groups is 1. The maximum Gasteiger partial charge on any atom is 0.215 e. The third-order valence-corrected chi connectivity index (χ3v) is 1.72. The van der Waals surface area contributed by atoms with Crippen molar-refractivity contribution < 1.29 is 4.74 Å². The molecule has 0 aromatic heterocycles. The second kappa shape index (κ2) is 2.62. The molecule has 2 rings (SSSR count). The smallest absolute Gasteiger partial charge is 0.215 e. The molecule has 4 nitrogen and oxygen atoms in total. The van der Waals surface area contributed by atoms with Crippen LogP contribution in [0.5, 0.6) is 0 Å². The Balaban J connectivity index is 2.20. The molecule has 0 saturated carbocycles. The van der Waals surface area contributed by atoms with Crippen LogP contribution in [0.1, 0.15) is 0 Å². The van der Waals surface area contributed by atoms with Gasteiger partial charge in [0.05, 0.1) is 6.21 Å². The van der Waals surface area contributed by atoms with Crippen molar-refractivity contribution in [1.82, 2.24) is 10.6 Å². The molecule has 0 spiro atoms. The van der Waals surface area contributed by atoms with Crippen molar-refractivity contribution in [2.75, 3.05) is 13.2 Å². The third kappa shape index (κ3) is 1.26. The van der Waals surface area contributed by atoms with E-state index < -0.39 is 5.62 Å². The second-order valence-electron chi connectivity index (χ2n) is 2.28. The average molecular weight is 174 g/mol. The lowest BCUT2D eigenvalue weighted by Gasteiger charge is -2.25. The lowest BCUT2D eigenvalue weighted by atomic mass is 10.4. The molecule has 60 valence electrons. The Bertz CT molecular complexity index is 226. The number of rotatable bonds is 0. The first-order valence-corrected chi connectivity index (χ1v) is 3.84. The summed E-state index contributed by atoms with van der Waals surface area (Å²) in [6.07, 6.45) is 1.68. The largest absolute Gasteiger partial charge is 0.476 e. The fourth-order valence-corrected chi connectivity index (χ4v) is 1.16. The standard InChI is InChI=1S/C6H8ClN3O/c7-6-9-3-4-5(10-6)11-2-1-8-4/h3,6,8,10H,1-2H2. The fraction of sp³-hybridized carbons (Fsp3) is 0.500. The molecule has 1 unspecified atom stereocenters. The van der Waals surface area contributed by atoms with Crippen molar-refractivity contribution in [3.05, 3.63) is 11.6 Å². The van der Waals surface area contributed by atoms with Gasteiger partial charge in [0.2, 0.25) is 5.88 Å². The lowest BCUT2D eigenvalue weighted by Crippen LogP contribution is -2.38. The van der Waals surface area contributed by atoms with Crippen LogP contribution in [0.25, 0.3) is 0 Å². The molecule has 0 aromatic rings. The quantitative estimate of drug-likeness (QED) is 0.400. The molecule has 2 aliphatic heterocycles. The molecule has 2 heterocycles. The predicted octanol–water partition coefficient (Wildman–Crippen LogP) is -0.0283. The van der Waals surface area contributed by atoms with E-state index in [0.29, 0.717) is 12.5 Å². The molecular weight excluding hydrogens is 166 g/mol. The molecule has 0 fully saturated rings. The Labute approximate surface area is 69.3 Å². The maximum absolute atomic E-state index is 5.69. The van der Waals surface area contributed by atoms with E-state index >= 15 is 0 Å². The SMILES string of the molecule is ClC1N=CC2=C(N1)OCCN2. The van der Waals surface area contributed by atoms with Crippen LogP contribution in [0.3, 0.4) is 0 Å². The van der Waals surface area contributed by atoms with Crippen LogP contribution in [0.4, 0.5) is 0 Å². The normalized spacial score (nSPS) is 28.3. The molecule has 2 aliphatic rings. The lowest BCUT2D eigenvalue weighted by molar-refractivity contribution is 0.170. The molecule has 0 radical (unpaired) electrons. The number of alkyl halides is 1. The monoisotopic (exact) mass is 173 g/mol. The number of allylic oxidation sites excluding steroid dienone is 1. The molecule has 0 aromatic carbocycles. The van der Waals surface area contributed by atoms with Crippen molar-refractivity contribution >= 4 is 17.8 Å². The van der Waals surface area contributed by atoms with Crippen molar-refractivity contribution in [3.8, 4) is 0 Å². The molecule has 0 amide bonds. The van der Waals surface area contributed by atoms with Gasteiger partial charge in [0.25, 0.3) is 0 Å². The highest BCUT2D eigenvalue weighted by molar-refractivity contribution is 6.21. The minimum absolute atomic E-state index is 0.395. The van der Waals surface area contributed by atoms with Gasteiger partial charge in [0, 0.05) is 6.54 Å².